The van der Waals surface area contributed by atoms with Crippen LogP contribution in [0.1, 0.15) is 0 Å². The van der Waals surface area contributed by atoms with Gasteiger partial charge in [-0.15, -0.1) is 0 Å². The van der Waals surface area contributed by atoms with Crippen molar-refractivity contribution in [2.24, 2.45) is 0 Å². The van der Waals surface area contributed by atoms with Crippen LogP contribution in [0.3, 0.4) is 0 Å². The number of aromatic nitrogens is 3. The highest BCUT2D eigenvalue weighted by Crippen LogP contribution is 2.42. The van der Waals surface area contributed by atoms with Crippen LogP contribution >= 0.6 is 0 Å². The number of rotatable bonds is 6. The Morgan fingerprint density at radius 3 is 1.64 bits per heavy atom. The van der Waals surface area contributed by atoms with E-state index in [1.165, 1.54) is 21.9 Å². The second-order valence-corrected chi connectivity index (χ2v) is 15.6. The molecule has 0 atom stereocenters. The molecular weight excluding hydrogens is 743 g/mol. The molecule has 2 heterocycles. The minimum absolute atomic E-state index is 0.615. The molecule has 12 aromatic rings. The lowest BCUT2D eigenvalue weighted by Crippen LogP contribution is -2.00. The molecule has 0 aliphatic rings. The summed E-state index contributed by atoms with van der Waals surface area (Å²) in [5.41, 5.74) is 11.3. The second-order valence-electron chi connectivity index (χ2n) is 15.6. The molecule has 284 valence electrons. The number of fused-ring (bicyclic) bond motifs is 6. The van der Waals surface area contributed by atoms with E-state index in [4.69, 9.17) is 19.4 Å². The highest BCUT2D eigenvalue weighted by Gasteiger charge is 2.19. The molecule has 2 aromatic heterocycles. The first-order valence-corrected chi connectivity index (χ1v) is 20.6. The van der Waals surface area contributed by atoms with Crippen LogP contribution < -0.4 is 0 Å². The van der Waals surface area contributed by atoms with Gasteiger partial charge >= 0.3 is 0 Å². The van der Waals surface area contributed by atoms with Crippen LogP contribution in [0.15, 0.2) is 217 Å². The summed E-state index contributed by atoms with van der Waals surface area (Å²) in [6.07, 6.45) is 0. The summed E-state index contributed by atoms with van der Waals surface area (Å²) in [6.45, 7) is 0. The van der Waals surface area contributed by atoms with Crippen LogP contribution in [0.25, 0.3) is 122 Å². The first-order chi connectivity index (χ1) is 30.2. The molecule has 0 aliphatic carbocycles. The Kier molecular flexibility index (Phi) is 8.13. The molecule has 10 aromatic carbocycles. The van der Waals surface area contributed by atoms with E-state index in [9.17, 15) is 0 Å². The molecule has 0 bridgehead atoms. The quantitative estimate of drug-likeness (QED) is 0.169. The van der Waals surface area contributed by atoms with E-state index in [-0.39, 0.29) is 0 Å². The van der Waals surface area contributed by atoms with Gasteiger partial charge in [0.05, 0.1) is 0 Å². The normalized spacial score (nSPS) is 11.6. The maximum atomic E-state index is 6.73. The van der Waals surface area contributed by atoms with Gasteiger partial charge in [-0.3, -0.25) is 0 Å². The molecule has 0 fully saturated rings. The molecule has 4 heteroatoms. The van der Waals surface area contributed by atoms with Crippen LogP contribution in [0.2, 0.25) is 0 Å². The van der Waals surface area contributed by atoms with Gasteiger partial charge < -0.3 is 4.42 Å². The molecule has 12 rings (SSSR count). The van der Waals surface area contributed by atoms with Gasteiger partial charge in [-0.1, -0.05) is 176 Å². The van der Waals surface area contributed by atoms with Crippen molar-refractivity contribution >= 4 is 54.3 Å². The molecule has 0 N–H and O–H groups in total. The van der Waals surface area contributed by atoms with E-state index in [2.05, 4.69) is 212 Å². The Labute approximate surface area is 352 Å². The van der Waals surface area contributed by atoms with Crippen molar-refractivity contribution in [1.82, 2.24) is 15.0 Å². The zero-order valence-electron chi connectivity index (χ0n) is 33.0. The van der Waals surface area contributed by atoms with E-state index >= 15 is 0 Å². The van der Waals surface area contributed by atoms with Crippen molar-refractivity contribution in [2.45, 2.75) is 0 Å². The predicted octanol–water partition coefficient (Wildman–Crippen LogP) is 15.2. The minimum Gasteiger partial charge on any atom is -0.456 e. The van der Waals surface area contributed by atoms with Crippen molar-refractivity contribution in [3.8, 4) is 67.5 Å². The zero-order valence-corrected chi connectivity index (χ0v) is 33.0. The third-order valence-electron chi connectivity index (χ3n) is 11.9. The topological polar surface area (TPSA) is 51.8 Å². The first kappa shape index (κ1) is 34.8. The number of nitrogens with zero attached hydrogens (tertiary/aromatic N) is 3. The molecule has 61 heavy (non-hydrogen) atoms. The van der Waals surface area contributed by atoms with Gasteiger partial charge in [0, 0.05) is 27.5 Å². The molecule has 0 aliphatic heterocycles. The molecule has 0 amide bonds. The molecule has 4 nitrogen and oxygen atoms in total. The third kappa shape index (κ3) is 6.21. The van der Waals surface area contributed by atoms with Gasteiger partial charge in [0.15, 0.2) is 17.5 Å². The Morgan fingerprint density at radius 2 is 0.836 bits per heavy atom. The Balaban J connectivity index is 1.03. The monoisotopic (exact) mass is 777 g/mol. The number of benzene rings is 10. The number of hydrogen-bond donors (Lipinski definition) is 0. The van der Waals surface area contributed by atoms with Crippen LogP contribution in [0, 0.1) is 0 Å². The maximum Gasteiger partial charge on any atom is 0.164 e. The number of hydrogen-bond acceptors (Lipinski definition) is 4. The van der Waals surface area contributed by atoms with Crippen molar-refractivity contribution in [3.05, 3.63) is 212 Å². The summed E-state index contributed by atoms with van der Waals surface area (Å²) < 4.78 is 6.73. The predicted molar refractivity (Wildman–Crippen MR) is 252 cm³/mol. The highest BCUT2D eigenvalue weighted by molar-refractivity contribution is 6.16. The van der Waals surface area contributed by atoms with Gasteiger partial charge in [0.25, 0.3) is 0 Å². The lowest BCUT2D eigenvalue weighted by Gasteiger charge is -2.12. The van der Waals surface area contributed by atoms with Crippen LogP contribution in [-0.4, -0.2) is 15.0 Å². The molecule has 0 unspecified atom stereocenters. The van der Waals surface area contributed by atoms with Crippen molar-refractivity contribution in [2.75, 3.05) is 0 Å². The molecule has 0 saturated carbocycles. The summed E-state index contributed by atoms with van der Waals surface area (Å²) in [5.74, 6) is 1.88. The number of furan rings is 1. The maximum absolute atomic E-state index is 6.73. The van der Waals surface area contributed by atoms with E-state index in [1.54, 1.807) is 0 Å². The van der Waals surface area contributed by atoms with Gasteiger partial charge in [0.1, 0.15) is 11.2 Å². The van der Waals surface area contributed by atoms with Gasteiger partial charge in [-0.05, 0) is 102 Å². The largest absolute Gasteiger partial charge is 0.456 e. The average Bonchev–Trinajstić information content (AvgIpc) is 3.70. The Morgan fingerprint density at radius 1 is 0.262 bits per heavy atom. The highest BCUT2D eigenvalue weighted by atomic mass is 16.3. The van der Waals surface area contributed by atoms with Crippen LogP contribution in [-0.2, 0) is 0 Å². The summed E-state index contributed by atoms with van der Waals surface area (Å²) in [7, 11) is 0. The molecule has 0 saturated heterocycles. The standard InChI is InChI=1S/C57H35N3O/c1-2-12-36(13-3-1)42-20-10-21-43(30-42)47-33-50(54-51-32-44-17-6-7-18-45(44)34-52(51)61-53(54)35-47)39-25-27-40(28-26-39)55-58-56(46-29-24-37-14-4-5-16-41(37)31-46)60-57(59-55)49-23-11-19-38-15-8-9-22-48(38)49/h1-35H. The van der Waals surface area contributed by atoms with Gasteiger partial charge in [-0.2, -0.15) is 0 Å². The Hall–Kier alpha value is -8.21. The van der Waals surface area contributed by atoms with E-state index < -0.39 is 0 Å². The fourth-order valence-electron chi connectivity index (χ4n) is 8.80. The van der Waals surface area contributed by atoms with Crippen molar-refractivity contribution < 1.29 is 4.42 Å². The third-order valence-corrected chi connectivity index (χ3v) is 11.9. The fraction of sp³-hybridized carbons (Fsp3) is 0. The van der Waals surface area contributed by atoms with Crippen molar-refractivity contribution in [3.63, 3.8) is 0 Å². The minimum atomic E-state index is 0.615. The van der Waals surface area contributed by atoms with E-state index in [0.717, 1.165) is 82.4 Å². The SMILES string of the molecule is c1ccc(-c2cccc(-c3cc(-c4ccc(-c5nc(-c6ccc7ccccc7c6)nc(-c6cccc7ccccc67)n5)cc4)c4c(c3)oc3cc5ccccc5cc34)c2)cc1. The summed E-state index contributed by atoms with van der Waals surface area (Å²) >= 11 is 0. The van der Waals surface area contributed by atoms with Crippen molar-refractivity contribution in [1.29, 1.82) is 0 Å². The van der Waals surface area contributed by atoms with Crippen LogP contribution in [0.5, 0.6) is 0 Å². The smallest absolute Gasteiger partial charge is 0.164 e. The van der Waals surface area contributed by atoms with Gasteiger partial charge in [0.2, 0.25) is 0 Å². The molecule has 0 spiro atoms. The van der Waals surface area contributed by atoms with E-state index in [0.29, 0.717) is 17.5 Å². The fourth-order valence-corrected chi connectivity index (χ4v) is 8.80. The van der Waals surface area contributed by atoms with Crippen LogP contribution in [0.4, 0.5) is 0 Å². The summed E-state index contributed by atoms with van der Waals surface area (Å²) in [5, 5.41) is 9.06. The van der Waals surface area contributed by atoms with E-state index in [1.807, 2.05) is 0 Å². The zero-order chi connectivity index (χ0) is 40.3. The lowest BCUT2D eigenvalue weighted by atomic mass is 9.92. The first-order valence-electron chi connectivity index (χ1n) is 20.6. The summed E-state index contributed by atoms with van der Waals surface area (Å²) in [4.78, 5) is 15.5. The molecular formula is C57H35N3O. The Bertz CT molecular complexity index is 3640. The second kappa shape index (κ2) is 14.3. The van der Waals surface area contributed by atoms with Gasteiger partial charge in [-0.25, -0.2) is 15.0 Å². The molecule has 0 radical (unpaired) electrons. The summed E-state index contributed by atoms with van der Waals surface area (Å²) in [6, 6.07) is 74.8. The lowest BCUT2D eigenvalue weighted by molar-refractivity contribution is 0.669. The average molecular weight is 778 g/mol.